The number of benzene rings is 1. The fraction of sp³-hybridized carbons (Fsp3) is 0.455. The molecule has 1 aliphatic heterocycles. The summed E-state index contributed by atoms with van der Waals surface area (Å²) in [6.07, 6.45) is 3.28. The first-order valence-corrected chi connectivity index (χ1v) is 10.6. The van der Waals surface area contributed by atoms with Crippen LogP contribution in [-0.4, -0.2) is 68.6 Å². The summed E-state index contributed by atoms with van der Waals surface area (Å²) in [7, 11) is 0. The highest BCUT2D eigenvalue weighted by Gasteiger charge is 2.23. The average molecular weight is 409 g/mol. The molecule has 0 N–H and O–H groups in total. The molecule has 8 nitrogen and oxygen atoms in total. The summed E-state index contributed by atoms with van der Waals surface area (Å²) in [5.74, 6) is 1.89. The lowest BCUT2D eigenvalue weighted by atomic mass is 10.2. The van der Waals surface area contributed by atoms with E-state index in [0.717, 1.165) is 69.9 Å². The van der Waals surface area contributed by atoms with Crippen molar-refractivity contribution in [1.29, 1.82) is 0 Å². The second kappa shape index (κ2) is 9.67. The number of carbonyl (C=O) groups is 1. The third kappa shape index (κ3) is 5.13. The normalized spacial score (nSPS) is 14.9. The number of unbranched alkanes of at least 4 members (excludes halogenated alkanes) is 2. The Hall–Kier alpha value is -3.00. The van der Waals surface area contributed by atoms with E-state index in [4.69, 9.17) is 4.42 Å². The van der Waals surface area contributed by atoms with Gasteiger partial charge in [0.1, 0.15) is 5.76 Å². The molecule has 3 aromatic rings. The maximum atomic E-state index is 12.4. The Balaban J connectivity index is 1.12. The first kappa shape index (κ1) is 20.3. The molecule has 1 aliphatic rings. The number of aryl methyl sites for hydroxylation is 2. The van der Waals surface area contributed by atoms with Crippen molar-refractivity contribution in [3.8, 4) is 11.4 Å². The van der Waals surface area contributed by atoms with E-state index in [1.165, 1.54) is 0 Å². The van der Waals surface area contributed by atoms with Crippen molar-refractivity contribution in [2.24, 2.45) is 0 Å². The van der Waals surface area contributed by atoms with Crippen LogP contribution in [0.5, 0.6) is 0 Å². The number of carbonyl (C=O) groups excluding carboxylic acids is 1. The summed E-state index contributed by atoms with van der Waals surface area (Å²) in [6.45, 7) is 7.03. The predicted molar refractivity (Wildman–Crippen MR) is 113 cm³/mol. The van der Waals surface area contributed by atoms with Gasteiger partial charge >= 0.3 is 0 Å². The zero-order valence-corrected chi connectivity index (χ0v) is 17.4. The number of piperazine rings is 1. The standard InChI is InChI=1S/C22H28N6O2/c1-18-10-11-20(30-18)22(29)27-16-14-26(15-17-27)12-6-3-7-13-28-24-21(23-25-28)19-8-4-2-5-9-19/h2,4-5,8-11H,3,6-7,12-17H2,1H3. The van der Waals surface area contributed by atoms with Crippen molar-refractivity contribution < 1.29 is 9.21 Å². The van der Waals surface area contributed by atoms with E-state index in [9.17, 15) is 4.79 Å². The minimum Gasteiger partial charge on any atom is -0.456 e. The van der Waals surface area contributed by atoms with Gasteiger partial charge in [0.15, 0.2) is 5.76 Å². The van der Waals surface area contributed by atoms with Gasteiger partial charge in [-0.3, -0.25) is 9.69 Å². The third-order valence-corrected chi connectivity index (χ3v) is 5.43. The summed E-state index contributed by atoms with van der Waals surface area (Å²) in [6, 6.07) is 13.5. The van der Waals surface area contributed by atoms with Crippen LogP contribution in [0, 0.1) is 6.92 Å². The molecule has 0 radical (unpaired) electrons. The topological polar surface area (TPSA) is 80.3 Å². The molecule has 0 bridgehead atoms. The number of nitrogens with zero attached hydrogens (tertiary/aromatic N) is 6. The lowest BCUT2D eigenvalue weighted by Crippen LogP contribution is -2.48. The van der Waals surface area contributed by atoms with E-state index >= 15 is 0 Å². The third-order valence-electron chi connectivity index (χ3n) is 5.43. The first-order chi connectivity index (χ1) is 14.7. The molecule has 0 spiro atoms. The van der Waals surface area contributed by atoms with Gasteiger partial charge in [0.25, 0.3) is 5.91 Å². The minimum atomic E-state index is -0.00189. The second-order valence-corrected chi connectivity index (χ2v) is 7.68. The molecule has 8 heteroatoms. The number of rotatable bonds is 8. The largest absolute Gasteiger partial charge is 0.456 e. The zero-order valence-electron chi connectivity index (χ0n) is 17.4. The van der Waals surface area contributed by atoms with Crippen molar-refractivity contribution >= 4 is 5.91 Å². The van der Waals surface area contributed by atoms with Gasteiger partial charge in [-0.05, 0) is 43.7 Å². The van der Waals surface area contributed by atoms with Crippen molar-refractivity contribution in [1.82, 2.24) is 30.0 Å². The molecule has 2 aromatic heterocycles. The number of tetrazole rings is 1. The zero-order chi connectivity index (χ0) is 20.8. The van der Waals surface area contributed by atoms with E-state index < -0.39 is 0 Å². The van der Waals surface area contributed by atoms with Crippen LogP contribution >= 0.6 is 0 Å². The van der Waals surface area contributed by atoms with Crippen LogP contribution in [-0.2, 0) is 6.54 Å². The van der Waals surface area contributed by atoms with Crippen molar-refractivity contribution in [2.75, 3.05) is 32.7 Å². The van der Waals surface area contributed by atoms with Gasteiger partial charge in [-0.1, -0.05) is 36.8 Å². The minimum absolute atomic E-state index is 0.00189. The summed E-state index contributed by atoms with van der Waals surface area (Å²) < 4.78 is 5.46. The van der Waals surface area contributed by atoms with Gasteiger partial charge in [-0.15, -0.1) is 10.2 Å². The number of hydrogen-bond acceptors (Lipinski definition) is 6. The number of furan rings is 1. The number of aromatic nitrogens is 4. The van der Waals surface area contributed by atoms with E-state index in [0.29, 0.717) is 11.6 Å². The van der Waals surface area contributed by atoms with Gasteiger partial charge in [-0.2, -0.15) is 4.80 Å². The SMILES string of the molecule is Cc1ccc(C(=O)N2CCN(CCCCCn3nnc(-c4ccccc4)n3)CC2)o1. The van der Waals surface area contributed by atoms with Gasteiger partial charge in [-0.25, -0.2) is 0 Å². The molecule has 0 aliphatic carbocycles. The quantitative estimate of drug-likeness (QED) is 0.533. The van der Waals surface area contributed by atoms with Crippen molar-refractivity contribution in [3.63, 3.8) is 0 Å². The van der Waals surface area contributed by atoms with Crippen molar-refractivity contribution in [2.45, 2.75) is 32.7 Å². The molecular formula is C22H28N6O2. The Labute approximate surface area is 176 Å². The Morgan fingerprint density at radius 3 is 2.47 bits per heavy atom. The highest BCUT2D eigenvalue weighted by molar-refractivity contribution is 5.91. The van der Waals surface area contributed by atoms with E-state index in [1.54, 1.807) is 10.9 Å². The second-order valence-electron chi connectivity index (χ2n) is 7.68. The number of hydrogen-bond donors (Lipinski definition) is 0. The van der Waals surface area contributed by atoms with Gasteiger partial charge in [0, 0.05) is 31.7 Å². The first-order valence-electron chi connectivity index (χ1n) is 10.6. The monoisotopic (exact) mass is 408 g/mol. The molecule has 0 unspecified atom stereocenters. The van der Waals surface area contributed by atoms with Gasteiger partial charge in [0.05, 0.1) is 6.54 Å². The van der Waals surface area contributed by atoms with Crippen LogP contribution in [0.15, 0.2) is 46.9 Å². The Morgan fingerprint density at radius 2 is 1.73 bits per heavy atom. The van der Waals surface area contributed by atoms with Crippen LogP contribution in [0.3, 0.4) is 0 Å². The highest BCUT2D eigenvalue weighted by Crippen LogP contribution is 2.14. The molecule has 0 saturated carbocycles. The number of amides is 1. The Morgan fingerprint density at radius 1 is 0.967 bits per heavy atom. The van der Waals surface area contributed by atoms with E-state index in [2.05, 4.69) is 20.3 Å². The average Bonchev–Trinajstić information content (AvgIpc) is 3.43. The van der Waals surface area contributed by atoms with Crippen LogP contribution in [0.2, 0.25) is 0 Å². The molecule has 1 amide bonds. The molecule has 1 saturated heterocycles. The summed E-state index contributed by atoms with van der Waals surface area (Å²) in [5, 5.41) is 12.7. The molecule has 1 aromatic carbocycles. The van der Waals surface area contributed by atoms with Gasteiger partial charge < -0.3 is 9.32 Å². The van der Waals surface area contributed by atoms with Crippen molar-refractivity contribution in [3.05, 3.63) is 54.0 Å². The molecule has 30 heavy (non-hydrogen) atoms. The highest BCUT2D eigenvalue weighted by atomic mass is 16.3. The van der Waals surface area contributed by atoms with Crippen LogP contribution in [0.1, 0.15) is 35.6 Å². The Bertz CT molecular complexity index is 943. The van der Waals surface area contributed by atoms with Crippen LogP contribution < -0.4 is 0 Å². The molecular weight excluding hydrogens is 380 g/mol. The summed E-state index contributed by atoms with van der Waals surface area (Å²) >= 11 is 0. The van der Waals surface area contributed by atoms with E-state index in [1.807, 2.05) is 48.2 Å². The summed E-state index contributed by atoms with van der Waals surface area (Å²) in [5.41, 5.74) is 0.989. The lowest BCUT2D eigenvalue weighted by molar-refractivity contribution is 0.0603. The summed E-state index contributed by atoms with van der Waals surface area (Å²) in [4.78, 5) is 18.4. The Kier molecular flexibility index (Phi) is 6.53. The molecule has 4 rings (SSSR count). The fourth-order valence-electron chi connectivity index (χ4n) is 3.69. The lowest BCUT2D eigenvalue weighted by Gasteiger charge is -2.34. The molecule has 1 fully saturated rings. The molecule has 3 heterocycles. The van der Waals surface area contributed by atoms with Crippen LogP contribution in [0.25, 0.3) is 11.4 Å². The fourth-order valence-corrected chi connectivity index (χ4v) is 3.69. The van der Waals surface area contributed by atoms with Gasteiger partial charge in [0.2, 0.25) is 5.82 Å². The molecule has 0 atom stereocenters. The predicted octanol–water partition coefficient (Wildman–Crippen LogP) is 2.87. The molecule has 158 valence electrons. The van der Waals surface area contributed by atoms with Crippen LogP contribution in [0.4, 0.5) is 0 Å². The van der Waals surface area contributed by atoms with E-state index in [-0.39, 0.29) is 5.91 Å². The maximum Gasteiger partial charge on any atom is 0.289 e. The smallest absolute Gasteiger partial charge is 0.289 e. The maximum absolute atomic E-state index is 12.4.